The summed E-state index contributed by atoms with van der Waals surface area (Å²) in [5.74, 6) is 6.25. The van der Waals surface area contributed by atoms with Gasteiger partial charge in [-0.3, -0.25) is 0 Å². The molecule has 2 saturated heterocycles. The smallest absolute Gasteiger partial charge is 0.0104 e. The Labute approximate surface area is 160 Å². The first-order chi connectivity index (χ1) is 12.9. The van der Waals surface area contributed by atoms with Crippen LogP contribution < -0.4 is 10.6 Å². The van der Waals surface area contributed by atoms with Gasteiger partial charge in [0.15, 0.2) is 0 Å². The molecule has 0 amide bonds. The zero-order valence-corrected chi connectivity index (χ0v) is 16.7. The standard InChI is InChI=1S/C24H40N2/c1-3-7-21-17(5-1)19-11-9-15(13-23(19)25-21)16-10-12-20-18-6-2-4-8-22(18)26-24(20)14-16/h15-26H,1-14H2/t15?,16?,17-,18?,19?,20?,21?,22-,23?,24?/m1/s1. The molecule has 0 aromatic carbocycles. The fraction of sp³-hybridized carbons (Fsp3) is 1.00. The van der Waals surface area contributed by atoms with Crippen LogP contribution in [0, 0.1) is 35.5 Å². The molecule has 0 radical (unpaired) electrons. The third kappa shape index (κ3) is 2.72. The Bertz CT molecular complexity index is 472. The van der Waals surface area contributed by atoms with Gasteiger partial charge in [0.05, 0.1) is 0 Å². The van der Waals surface area contributed by atoms with Crippen molar-refractivity contribution in [1.82, 2.24) is 10.6 Å². The van der Waals surface area contributed by atoms with Crippen LogP contribution >= 0.6 is 0 Å². The molecule has 0 spiro atoms. The van der Waals surface area contributed by atoms with Crippen molar-refractivity contribution in [2.24, 2.45) is 35.5 Å². The molecular weight excluding hydrogens is 316 g/mol. The lowest BCUT2D eigenvalue weighted by Gasteiger charge is -2.42. The van der Waals surface area contributed by atoms with Gasteiger partial charge >= 0.3 is 0 Å². The molecule has 2 heteroatoms. The lowest BCUT2D eigenvalue weighted by molar-refractivity contribution is 0.105. The monoisotopic (exact) mass is 356 g/mol. The van der Waals surface area contributed by atoms with Crippen LogP contribution in [0.2, 0.25) is 0 Å². The molecule has 4 saturated carbocycles. The van der Waals surface area contributed by atoms with E-state index >= 15 is 0 Å². The van der Waals surface area contributed by atoms with Gasteiger partial charge in [-0.1, -0.05) is 25.7 Å². The van der Waals surface area contributed by atoms with E-state index in [1.54, 1.807) is 25.7 Å². The first-order valence-corrected chi connectivity index (χ1v) is 12.4. The Morgan fingerprint density at radius 1 is 0.385 bits per heavy atom. The van der Waals surface area contributed by atoms with E-state index in [-0.39, 0.29) is 0 Å². The summed E-state index contributed by atoms with van der Waals surface area (Å²) in [5, 5.41) is 8.27. The highest BCUT2D eigenvalue weighted by molar-refractivity contribution is 5.05. The minimum Gasteiger partial charge on any atom is -0.311 e. The maximum Gasteiger partial charge on any atom is 0.0104 e. The van der Waals surface area contributed by atoms with Crippen molar-refractivity contribution in [3.63, 3.8) is 0 Å². The molecule has 0 aromatic heterocycles. The first kappa shape index (κ1) is 16.8. The van der Waals surface area contributed by atoms with Crippen molar-refractivity contribution in [3.05, 3.63) is 0 Å². The van der Waals surface area contributed by atoms with E-state index in [0.717, 1.165) is 59.7 Å². The number of fused-ring (bicyclic) bond motifs is 6. The molecule has 0 bridgehead atoms. The number of hydrogen-bond donors (Lipinski definition) is 2. The van der Waals surface area contributed by atoms with Gasteiger partial charge in [0.2, 0.25) is 0 Å². The van der Waals surface area contributed by atoms with Crippen molar-refractivity contribution in [2.45, 2.75) is 114 Å². The molecule has 6 rings (SSSR count). The maximum absolute atomic E-state index is 4.14. The molecule has 146 valence electrons. The largest absolute Gasteiger partial charge is 0.311 e. The SMILES string of the molecule is C1CC[C@H]2C(C1)NC1CC(C3CCC4C(C3)N[C@@H]3CCCCC43)CCC12. The molecule has 2 nitrogen and oxygen atoms in total. The van der Waals surface area contributed by atoms with Crippen LogP contribution in [0.1, 0.15) is 89.9 Å². The molecule has 26 heavy (non-hydrogen) atoms. The van der Waals surface area contributed by atoms with Crippen LogP contribution in [0.15, 0.2) is 0 Å². The maximum atomic E-state index is 4.14. The highest BCUT2D eigenvalue weighted by Gasteiger charge is 2.50. The van der Waals surface area contributed by atoms with Crippen LogP contribution in [0.5, 0.6) is 0 Å². The van der Waals surface area contributed by atoms with E-state index in [1.807, 2.05) is 0 Å². The summed E-state index contributed by atoms with van der Waals surface area (Å²) in [6, 6.07) is 3.57. The zero-order chi connectivity index (χ0) is 17.1. The first-order valence-electron chi connectivity index (χ1n) is 12.4. The number of nitrogens with one attached hydrogen (secondary N) is 2. The summed E-state index contributed by atoms with van der Waals surface area (Å²) in [6.07, 6.45) is 21.2. The molecule has 6 aliphatic rings. The van der Waals surface area contributed by atoms with Gasteiger partial charge in [0.1, 0.15) is 0 Å². The Morgan fingerprint density at radius 3 is 1.31 bits per heavy atom. The zero-order valence-electron chi connectivity index (χ0n) is 16.7. The van der Waals surface area contributed by atoms with Crippen molar-refractivity contribution in [1.29, 1.82) is 0 Å². The normalized spacial score (nSPS) is 56.3. The Morgan fingerprint density at radius 2 is 0.808 bits per heavy atom. The van der Waals surface area contributed by atoms with E-state index in [4.69, 9.17) is 0 Å². The van der Waals surface area contributed by atoms with Crippen molar-refractivity contribution >= 4 is 0 Å². The summed E-state index contributed by atoms with van der Waals surface area (Å²) in [4.78, 5) is 0. The minimum atomic E-state index is 0.888. The number of rotatable bonds is 1. The molecular formula is C24H40N2. The molecule has 8 unspecified atom stereocenters. The molecule has 0 aromatic rings. The lowest BCUT2D eigenvalue weighted by Crippen LogP contribution is -2.42. The average molecular weight is 357 g/mol. The fourth-order valence-electron chi connectivity index (χ4n) is 9.03. The fourth-order valence-corrected chi connectivity index (χ4v) is 9.03. The van der Waals surface area contributed by atoms with E-state index in [2.05, 4.69) is 10.6 Å². The summed E-state index contributed by atoms with van der Waals surface area (Å²) in [6.45, 7) is 0. The predicted octanol–water partition coefficient (Wildman–Crippen LogP) is 4.88. The summed E-state index contributed by atoms with van der Waals surface area (Å²) < 4.78 is 0. The highest BCUT2D eigenvalue weighted by atomic mass is 15.0. The summed E-state index contributed by atoms with van der Waals surface area (Å²) in [5.41, 5.74) is 0. The van der Waals surface area contributed by atoms with Gasteiger partial charge in [-0.15, -0.1) is 0 Å². The predicted molar refractivity (Wildman–Crippen MR) is 107 cm³/mol. The van der Waals surface area contributed by atoms with Crippen LogP contribution in [-0.2, 0) is 0 Å². The third-order valence-electron chi connectivity index (χ3n) is 10.2. The van der Waals surface area contributed by atoms with Crippen LogP contribution in [-0.4, -0.2) is 24.2 Å². The van der Waals surface area contributed by atoms with Gasteiger partial charge in [0.25, 0.3) is 0 Å². The molecule has 2 heterocycles. The highest BCUT2D eigenvalue weighted by Crippen LogP contribution is 2.51. The van der Waals surface area contributed by atoms with Crippen LogP contribution in [0.25, 0.3) is 0 Å². The third-order valence-corrected chi connectivity index (χ3v) is 10.2. The van der Waals surface area contributed by atoms with Gasteiger partial charge < -0.3 is 10.6 Å². The van der Waals surface area contributed by atoms with Gasteiger partial charge in [-0.25, -0.2) is 0 Å². The van der Waals surface area contributed by atoms with Gasteiger partial charge in [-0.05, 0) is 99.7 Å². The Balaban J connectivity index is 1.10. The van der Waals surface area contributed by atoms with E-state index in [9.17, 15) is 0 Å². The number of hydrogen-bond acceptors (Lipinski definition) is 2. The van der Waals surface area contributed by atoms with Crippen molar-refractivity contribution < 1.29 is 0 Å². The molecule has 10 atom stereocenters. The summed E-state index contributed by atoms with van der Waals surface area (Å²) >= 11 is 0. The second-order valence-corrected chi connectivity index (χ2v) is 11.1. The summed E-state index contributed by atoms with van der Waals surface area (Å²) in [7, 11) is 0. The van der Waals surface area contributed by atoms with E-state index < -0.39 is 0 Å². The van der Waals surface area contributed by atoms with E-state index in [0.29, 0.717) is 0 Å². The second-order valence-electron chi connectivity index (χ2n) is 11.1. The van der Waals surface area contributed by atoms with Gasteiger partial charge in [-0.2, -0.15) is 0 Å². The quantitative estimate of drug-likeness (QED) is 0.700. The molecule has 2 N–H and O–H groups in total. The second kappa shape index (κ2) is 6.76. The molecule has 4 aliphatic carbocycles. The minimum absolute atomic E-state index is 0.888. The lowest BCUT2D eigenvalue weighted by atomic mass is 9.63. The molecule has 2 aliphatic heterocycles. The van der Waals surface area contributed by atoms with Crippen LogP contribution in [0.3, 0.4) is 0 Å². The van der Waals surface area contributed by atoms with Crippen LogP contribution in [0.4, 0.5) is 0 Å². The average Bonchev–Trinajstić information content (AvgIpc) is 3.24. The topological polar surface area (TPSA) is 24.1 Å². The Hall–Kier alpha value is -0.0800. The van der Waals surface area contributed by atoms with Crippen molar-refractivity contribution in [3.8, 4) is 0 Å². The molecule has 6 fully saturated rings. The van der Waals surface area contributed by atoms with Gasteiger partial charge in [0, 0.05) is 24.2 Å². The van der Waals surface area contributed by atoms with E-state index in [1.165, 1.54) is 64.2 Å². The van der Waals surface area contributed by atoms with Crippen molar-refractivity contribution in [2.75, 3.05) is 0 Å². The Kier molecular flexibility index (Phi) is 4.38.